The van der Waals surface area contributed by atoms with Gasteiger partial charge in [0.15, 0.2) is 6.54 Å². The number of carbonyl (C=O) groups excluding carboxylic acids is 1. The highest BCUT2D eigenvalue weighted by molar-refractivity contribution is 5.85. The van der Waals surface area contributed by atoms with Crippen LogP contribution in [-0.2, 0) is 16.1 Å². The number of ether oxygens (including phenoxy) is 2. The third-order valence-corrected chi connectivity index (χ3v) is 4.16. The fourth-order valence-corrected chi connectivity index (χ4v) is 2.73. The summed E-state index contributed by atoms with van der Waals surface area (Å²) in [6.07, 6.45) is 1.62. The summed E-state index contributed by atoms with van der Waals surface area (Å²) in [5.74, 6) is 0.633. The van der Waals surface area contributed by atoms with Crippen LogP contribution in [0, 0.1) is 0 Å². The van der Waals surface area contributed by atoms with Crippen LogP contribution in [0.15, 0.2) is 59.7 Å². The van der Waals surface area contributed by atoms with Gasteiger partial charge in [-0.25, -0.2) is 5.43 Å². The van der Waals surface area contributed by atoms with Crippen molar-refractivity contribution in [3.8, 4) is 5.75 Å². The van der Waals surface area contributed by atoms with E-state index in [1.807, 2.05) is 54.6 Å². The minimum Gasteiger partial charge on any atom is -0.488 e. The van der Waals surface area contributed by atoms with E-state index in [2.05, 4.69) is 10.5 Å². The molecular formula is C20H24N3O3+. The van der Waals surface area contributed by atoms with Crippen LogP contribution in [0.3, 0.4) is 0 Å². The summed E-state index contributed by atoms with van der Waals surface area (Å²) in [5, 5.41) is 4.07. The number of benzene rings is 2. The first-order chi connectivity index (χ1) is 12.8. The third-order valence-electron chi connectivity index (χ3n) is 4.16. The highest BCUT2D eigenvalue weighted by atomic mass is 16.5. The van der Waals surface area contributed by atoms with E-state index in [0.717, 1.165) is 30.0 Å². The topological polar surface area (TPSA) is 64.4 Å². The number of para-hydroxylation sites is 1. The Morgan fingerprint density at radius 2 is 1.85 bits per heavy atom. The van der Waals surface area contributed by atoms with E-state index in [0.29, 0.717) is 26.4 Å². The van der Waals surface area contributed by atoms with Crippen molar-refractivity contribution in [1.29, 1.82) is 0 Å². The van der Waals surface area contributed by atoms with Crippen molar-refractivity contribution in [2.75, 3.05) is 32.8 Å². The third kappa shape index (κ3) is 5.68. The molecule has 2 aromatic carbocycles. The minimum absolute atomic E-state index is 0.0964. The molecular weight excluding hydrogens is 330 g/mol. The molecule has 1 fully saturated rings. The summed E-state index contributed by atoms with van der Waals surface area (Å²) < 4.78 is 11.2. The van der Waals surface area contributed by atoms with Crippen LogP contribution < -0.4 is 15.1 Å². The molecule has 1 aliphatic rings. The Labute approximate surface area is 153 Å². The molecule has 0 radical (unpaired) electrons. The maximum absolute atomic E-state index is 12.0. The molecule has 6 heteroatoms. The second kappa shape index (κ2) is 9.70. The quantitative estimate of drug-likeness (QED) is 0.566. The van der Waals surface area contributed by atoms with Gasteiger partial charge >= 0.3 is 0 Å². The number of quaternary nitrogens is 1. The molecule has 1 heterocycles. The van der Waals surface area contributed by atoms with Gasteiger partial charge in [0.1, 0.15) is 25.4 Å². The van der Waals surface area contributed by atoms with E-state index in [1.54, 1.807) is 6.21 Å². The molecule has 3 rings (SSSR count). The number of carbonyl (C=O) groups is 1. The number of hydrazone groups is 1. The van der Waals surface area contributed by atoms with Crippen LogP contribution in [0.25, 0.3) is 0 Å². The van der Waals surface area contributed by atoms with Gasteiger partial charge in [-0.15, -0.1) is 0 Å². The predicted octanol–water partition coefficient (Wildman–Crippen LogP) is 0.631. The van der Waals surface area contributed by atoms with Gasteiger partial charge in [0.25, 0.3) is 5.91 Å². The number of amides is 1. The molecule has 0 spiro atoms. The zero-order chi connectivity index (χ0) is 18.0. The van der Waals surface area contributed by atoms with Gasteiger partial charge in [0.2, 0.25) is 0 Å². The molecule has 2 N–H and O–H groups in total. The van der Waals surface area contributed by atoms with Crippen molar-refractivity contribution < 1.29 is 19.2 Å². The maximum atomic E-state index is 12.0. The van der Waals surface area contributed by atoms with E-state index < -0.39 is 0 Å². The largest absolute Gasteiger partial charge is 0.488 e. The lowest BCUT2D eigenvalue weighted by Gasteiger charge is -2.22. The van der Waals surface area contributed by atoms with Crippen LogP contribution in [0.2, 0.25) is 0 Å². The Morgan fingerprint density at radius 3 is 2.65 bits per heavy atom. The van der Waals surface area contributed by atoms with Crippen molar-refractivity contribution in [2.45, 2.75) is 6.61 Å². The zero-order valence-electron chi connectivity index (χ0n) is 14.7. The van der Waals surface area contributed by atoms with Crippen molar-refractivity contribution >= 4 is 12.1 Å². The fourth-order valence-electron chi connectivity index (χ4n) is 2.73. The number of rotatable bonds is 7. The Kier molecular flexibility index (Phi) is 6.75. The lowest BCUT2D eigenvalue weighted by atomic mass is 10.2. The second-order valence-corrected chi connectivity index (χ2v) is 6.14. The van der Waals surface area contributed by atoms with E-state index >= 15 is 0 Å². The smallest absolute Gasteiger partial charge is 0.295 e. The molecule has 0 aliphatic carbocycles. The Hall–Kier alpha value is -2.70. The zero-order valence-corrected chi connectivity index (χ0v) is 14.7. The van der Waals surface area contributed by atoms with Crippen LogP contribution in [0.5, 0.6) is 5.75 Å². The summed E-state index contributed by atoms with van der Waals surface area (Å²) in [6, 6.07) is 17.6. The minimum atomic E-state index is -0.0964. The summed E-state index contributed by atoms with van der Waals surface area (Å²) in [4.78, 5) is 13.2. The number of morpholine rings is 1. The molecule has 1 aliphatic heterocycles. The van der Waals surface area contributed by atoms with Crippen LogP contribution in [0.4, 0.5) is 0 Å². The monoisotopic (exact) mass is 354 g/mol. The van der Waals surface area contributed by atoms with Gasteiger partial charge in [-0.2, -0.15) is 5.10 Å². The molecule has 26 heavy (non-hydrogen) atoms. The SMILES string of the molecule is O=C(C[NH+]1CCOCC1)N/N=C\c1ccccc1OCc1ccccc1. The highest BCUT2D eigenvalue weighted by Crippen LogP contribution is 2.17. The summed E-state index contributed by atoms with van der Waals surface area (Å²) in [7, 11) is 0. The average Bonchev–Trinajstić information content (AvgIpc) is 2.69. The molecule has 1 amide bonds. The molecule has 0 aromatic heterocycles. The van der Waals surface area contributed by atoms with Crippen molar-refractivity contribution in [2.24, 2.45) is 5.10 Å². The molecule has 1 saturated heterocycles. The first-order valence-corrected chi connectivity index (χ1v) is 8.80. The van der Waals surface area contributed by atoms with Gasteiger partial charge in [0, 0.05) is 5.56 Å². The first-order valence-electron chi connectivity index (χ1n) is 8.80. The molecule has 0 atom stereocenters. The Bertz CT molecular complexity index is 728. The number of nitrogens with zero attached hydrogens (tertiary/aromatic N) is 1. The van der Waals surface area contributed by atoms with Crippen LogP contribution in [0.1, 0.15) is 11.1 Å². The molecule has 0 bridgehead atoms. The van der Waals surface area contributed by atoms with Crippen LogP contribution in [-0.4, -0.2) is 45.0 Å². The Balaban J connectivity index is 1.52. The molecule has 136 valence electrons. The van der Waals surface area contributed by atoms with Crippen molar-refractivity contribution in [3.05, 3.63) is 65.7 Å². The lowest BCUT2D eigenvalue weighted by Crippen LogP contribution is -3.15. The standard InChI is InChI=1S/C20H23N3O3/c24-20(15-23-10-12-25-13-11-23)22-21-14-18-8-4-5-9-19(18)26-16-17-6-2-1-3-7-17/h1-9,14H,10-13,15-16H2,(H,22,24)/p+1/b21-14-. The van der Waals surface area contributed by atoms with E-state index in [-0.39, 0.29) is 5.91 Å². The maximum Gasteiger partial charge on any atom is 0.295 e. The van der Waals surface area contributed by atoms with E-state index in [9.17, 15) is 4.79 Å². The summed E-state index contributed by atoms with van der Waals surface area (Å²) in [6.45, 7) is 4.02. The van der Waals surface area contributed by atoms with Gasteiger partial charge in [-0.1, -0.05) is 42.5 Å². The molecule has 6 nitrogen and oxygen atoms in total. The second-order valence-electron chi connectivity index (χ2n) is 6.14. The van der Waals surface area contributed by atoms with Crippen molar-refractivity contribution in [1.82, 2.24) is 5.43 Å². The average molecular weight is 354 g/mol. The normalized spacial score (nSPS) is 15.1. The number of hydrogen-bond donors (Lipinski definition) is 2. The lowest BCUT2D eigenvalue weighted by molar-refractivity contribution is -0.900. The molecule has 0 unspecified atom stereocenters. The van der Waals surface area contributed by atoms with E-state index in [1.165, 1.54) is 4.90 Å². The summed E-state index contributed by atoms with van der Waals surface area (Å²) >= 11 is 0. The first kappa shape index (κ1) is 18.1. The number of hydrogen-bond acceptors (Lipinski definition) is 4. The van der Waals surface area contributed by atoms with Gasteiger partial charge in [-0.05, 0) is 17.7 Å². The van der Waals surface area contributed by atoms with E-state index in [4.69, 9.17) is 9.47 Å². The number of nitrogens with one attached hydrogen (secondary N) is 2. The predicted molar refractivity (Wildman–Crippen MR) is 99.3 cm³/mol. The van der Waals surface area contributed by atoms with Gasteiger partial charge in [0.05, 0.1) is 19.4 Å². The Morgan fingerprint density at radius 1 is 1.12 bits per heavy atom. The van der Waals surface area contributed by atoms with Crippen LogP contribution >= 0.6 is 0 Å². The fraction of sp³-hybridized carbons (Fsp3) is 0.300. The molecule has 2 aromatic rings. The molecule has 0 saturated carbocycles. The highest BCUT2D eigenvalue weighted by Gasteiger charge is 2.17. The van der Waals surface area contributed by atoms with Crippen molar-refractivity contribution in [3.63, 3.8) is 0 Å². The summed E-state index contributed by atoms with van der Waals surface area (Å²) in [5.41, 5.74) is 4.51. The van der Waals surface area contributed by atoms with Gasteiger partial charge in [-0.3, -0.25) is 4.79 Å². The van der Waals surface area contributed by atoms with Gasteiger partial charge < -0.3 is 14.4 Å².